The van der Waals surface area contributed by atoms with Crippen molar-refractivity contribution in [2.45, 2.75) is 12.1 Å². The summed E-state index contributed by atoms with van der Waals surface area (Å²) in [6.45, 7) is 1.99. The normalized spacial score (nSPS) is 10.7. The third-order valence-electron chi connectivity index (χ3n) is 2.56. The molecule has 0 atom stereocenters. The molecule has 100 valence electrons. The Balaban J connectivity index is 2.34. The SMILES string of the molecule is Cc1c(Br)cccc1-c1nc(SCC(=O)O)n(C)n1. The lowest BCUT2D eigenvalue weighted by Crippen LogP contribution is -2.00. The quantitative estimate of drug-likeness (QED) is 0.866. The average molecular weight is 342 g/mol. The van der Waals surface area contributed by atoms with Gasteiger partial charge in [-0.1, -0.05) is 39.8 Å². The lowest BCUT2D eigenvalue weighted by Gasteiger charge is -2.02. The van der Waals surface area contributed by atoms with E-state index < -0.39 is 5.97 Å². The number of aliphatic carboxylic acids is 1. The van der Waals surface area contributed by atoms with Gasteiger partial charge in [0.1, 0.15) is 0 Å². The van der Waals surface area contributed by atoms with E-state index in [1.807, 2.05) is 25.1 Å². The molecule has 0 spiro atoms. The number of carbonyl (C=O) groups is 1. The standard InChI is InChI=1S/C12H12BrN3O2S/c1-7-8(4-3-5-9(7)13)11-14-12(16(2)15-11)19-6-10(17)18/h3-5H,6H2,1-2H3,(H,17,18). The summed E-state index contributed by atoms with van der Waals surface area (Å²) >= 11 is 4.63. The van der Waals surface area contributed by atoms with Crippen LogP contribution in [0.1, 0.15) is 5.56 Å². The topological polar surface area (TPSA) is 68.0 Å². The van der Waals surface area contributed by atoms with E-state index in [1.165, 1.54) is 0 Å². The summed E-state index contributed by atoms with van der Waals surface area (Å²) in [5.74, 6) is -0.286. The number of rotatable bonds is 4. The molecular weight excluding hydrogens is 330 g/mol. The minimum Gasteiger partial charge on any atom is -0.481 e. The van der Waals surface area contributed by atoms with Gasteiger partial charge >= 0.3 is 5.97 Å². The Morgan fingerprint density at radius 2 is 2.26 bits per heavy atom. The van der Waals surface area contributed by atoms with Gasteiger partial charge in [-0.25, -0.2) is 9.67 Å². The molecule has 0 amide bonds. The Kier molecular flexibility index (Phi) is 4.26. The second-order valence-corrected chi connectivity index (χ2v) is 5.73. The number of carboxylic acid groups (broad SMARTS) is 1. The van der Waals surface area contributed by atoms with Crippen LogP contribution in [0.5, 0.6) is 0 Å². The van der Waals surface area contributed by atoms with E-state index in [1.54, 1.807) is 11.7 Å². The van der Waals surface area contributed by atoms with Crippen LogP contribution in [0.25, 0.3) is 11.4 Å². The molecule has 0 saturated carbocycles. The maximum absolute atomic E-state index is 10.6. The zero-order chi connectivity index (χ0) is 14.0. The van der Waals surface area contributed by atoms with Crippen molar-refractivity contribution in [3.05, 3.63) is 28.2 Å². The van der Waals surface area contributed by atoms with Crippen LogP contribution in [-0.2, 0) is 11.8 Å². The summed E-state index contributed by atoms with van der Waals surface area (Å²) in [6.07, 6.45) is 0. The molecule has 0 aliphatic heterocycles. The average Bonchev–Trinajstić information content (AvgIpc) is 2.71. The smallest absolute Gasteiger partial charge is 0.313 e. The van der Waals surface area contributed by atoms with Crippen LogP contribution in [-0.4, -0.2) is 31.6 Å². The molecule has 1 N–H and O–H groups in total. The zero-order valence-corrected chi connectivity index (χ0v) is 12.8. The number of hydrogen-bond acceptors (Lipinski definition) is 4. The molecule has 7 heteroatoms. The highest BCUT2D eigenvalue weighted by Crippen LogP contribution is 2.28. The first kappa shape index (κ1) is 14.1. The molecule has 1 aromatic carbocycles. The van der Waals surface area contributed by atoms with Crippen LogP contribution in [0, 0.1) is 6.92 Å². The molecule has 1 aromatic heterocycles. The number of aromatic nitrogens is 3. The fourth-order valence-corrected chi connectivity index (χ4v) is 2.58. The second-order valence-electron chi connectivity index (χ2n) is 3.94. The molecule has 2 rings (SSSR count). The van der Waals surface area contributed by atoms with E-state index in [9.17, 15) is 4.79 Å². The minimum atomic E-state index is -0.867. The Morgan fingerprint density at radius 3 is 2.95 bits per heavy atom. The maximum Gasteiger partial charge on any atom is 0.313 e. The van der Waals surface area contributed by atoms with Crippen molar-refractivity contribution in [3.8, 4) is 11.4 Å². The van der Waals surface area contributed by atoms with Gasteiger partial charge in [-0.05, 0) is 18.6 Å². The number of benzene rings is 1. The molecule has 0 bridgehead atoms. The number of nitrogens with zero attached hydrogens (tertiary/aromatic N) is 3. The summed E-state index contributed by atoms with van der Waals surface area (Å²) in [6, 6.07) is 5.83. The van der Waals surface area contributed by atoms with Crippen molar-refractivity contribution in [2.24, 2.45) is 7.05 Å². The Morgan fingerprint density at radius 1 is 1.53 bits per heavy atom. The predicted molar refractivity (Wildman–Crippen MR) is 77.2 cm³/mol. The minimum absolute atomic E-state index is 0.0244. The molecular formula is C12H12BrN3O2S. The fraction of sp³-hybridized carbons (Fsp3) is 0.250. The van der Waals surface area contributed by atoms with Gasteiger partial charge < -0.3 is 5.11 Å². The fourth-order valence-electron chi connectivity index (χ4n) is 1.59. The largest absolute Gasteiger partial charge is 0.481 e. The van der Waals surface area contributed by atoms with Crippen molar-refractivity contribution >= 4 is 33.7 Å². The third-order valence-corrected chi connectivity index (χ3v) is 4.42. The summed E-state index contributed by atoms with van der Waals surface area (Å²) < 4.78 is 2.60. The molecule has 2 aromatic rings. The highest BCUT2D eigenvalue weighted by Gasteiger charge is 2.13. The number of thioether (sulfide) groups is 1. The van der Waals surface area contributed by atoms with Crippen LogP contribution < -0.4 is 0 Å². The number of carboxylic acids is 1. The molecule has 1 heterocycles. The molecule has 0 aliphatic carbocycles. The van der Waals surface area contributed by atoms with Crippen LogP contribution in [0.3, 0.4) is 0 Å². The first-order valence-electron chi connectivity index (χ1n) is 5.50. The van der Waals surface area contributed by atoms with Crippen molar-refractivity contribution in [3.63, 3.8) is 0 Å². The summed E-state index contributed by atoms with van der Waals surface area (Å²) in [4.78, 5) is 15.0. The molecule has 0 radical (unpaired) electrons. The van der Waals surface area contributed by atoms with E-state index in [4.69, 9.17) is 5.11 Å². The zero-order valence-electron chi connectivity index (χ0n) is 10.4. The lowest BCUT2D eigenvalue weighted by atomic mass is 10.1. The second kappa shape index (κ2) is 5.75. The van der Waals surface area contributed by atoms with E-state index in [0.29, 0.717) is 11.0 Å². The highest BCUT2D eigenvalue weighted by atomic mass is 79.9. The van der Waals surface area contributed by atoms with Gasteiger partial charge in [0, 0.05) is 17.1 Å². The van der Waals surface area contributed by atoms with Gasteiger partial charge in [-0.2, -0.15) is 5.10 Å². The molecule has 0 fully saturated rings. The first-order chi connectivity index (χ1) is 8.99. The maximum atomic E-state index is 10.6. The molecule has 0 unspecified atom stereocenters. The van der Waals surface area contributed by atoms with Gasteiger partial charge in [-0.15, -0.1) is 0 Å². The first-order valence-corrected chi connectivity index (χ1v) is 7.28. The van der Waals surface area contributed by atoms with Gasteiger partial charge in [0.2, 0.25) is 0 Å². The highest BCUT2D eigenvalue weighted by molar-refractivity contribution is 9.10. The van der Waals surface area contributed by atoms with E-state index >= 15 is 0 Å². The van der Waals surface area contributed by atoms with Gasteiger partial charge in [0.25, 0.3) is 0 Å². The van der Waals surface area contributed by atoms with Crippen molar-refractivity contribution in [1.29, 1.82) is 0 Å². The Hall–Kier alpha value is -1.34. The number of aryl methyl sites for hydroxylation is 1. The third kappa shape index (κ3) is 3.16. The summed E-state index contributed by atoms with van der Waals surface area (Å²) in [5, 5.41) is 13.6. The van der Waals surface area contributed by atoms with Crippen molar-refractivity contribution < 1.29 is 9.90 Å². The Labute approximate surface area is 123 Å². The van der Waals surface area contributed by atoms with Crippen LogP contribution in [0.4, 0.5) is 0 Å². The van der Waals surface area contributed by atoms with E-state index in [0.717, 1.165) is 27.4 Å². The van der Waals surface area contributed by atoms with Crippen LogP contribution in [0.15, 0.2) is 27.8 Å². The van der Waals surface area contributed by atoms with Gasteiger partial charge in [-0.3, -0.25) is 4.79 Å². The Bertz CT molecular complexity index is 627. The molecule has 0 aliphatic rings. The van der Waals surface area contributed by atoms with Gasteiger partial charge in [0.05, 0.1) is 5.75 Å². The molecule has 19 heavy (non-hydrogen) atoms. The van der Waals surface area contributed by atoms with Crippen molar-refractivity contribution in [1.82, 2.24) is 14.8 Å². The lowest BCUT2D eigenvalue weighted by molar-refractivity contribution is -0.133. The number of hydrogen-bond donors (Lipinski definition) is 1. The monoisotopic (exact) mass is 341 g/mol. The predicted octanol–water partition coefficient (Wildman–Crippen LogP) is 2.73. The molecule has 5 nitrogen and oxygen atoms in total. The van der Waals surface area contributed by atoms with E-state index in [-0.39, 0.29) is 5.75 Å². The summed E-state index contributed by atoms with van der Waals surface area (Å²) in [7, 11) is 1.76. The summed E-state index contributed by atoms with van der Waals surface area (Å²) in [5.41, 5.74) is 2.00. The van der Waals surface area contributed by atoms with Crippen LogP contribution >= 0.6 is 27.7 Å². The molecule has 0 saturated heterocycles. The van der Waals surface area contributed by atoms with Crippen molar-refractivity contribution in [2.75, 3.05) is 5.75 Å². The van der Waals surface area contributed by atoms with E-state index in [2.05, 4.69) is 26.0 Å². The van der Waals surface area contributed by atoms with Crippen LogP contribution in [0.2, 0.25) is 0 Å². The van der Waals surface area contributed by atoms with Gasteiger partial charge in [0.15, 0.2) is 11.0 Å². The number of halogens is 1.